The number of likely N-dealkylation sites (N-methyl/N-ethyl adjacent to an activating group) is 1. The van der Waals surface area contributed by atoms with Gasteiger partial charge in [-0.1, -0.05) is 12.1 Å². The van der Waals surface area contributed by atoms with Gasteiger partial charge in [0.05, 0.1) is 34.0 Å². The number of sulfonamides is 1. The number of alkyl halides is 3. The zero-order chi connectivity index (χ0) is 28.4. The number of benzene rings is 2. The molecule has 0 fully saturated rings. The zero-order valence-corrected chi connectivity index (χ0v) is 21.8. The molecule has 2 aromatic rings. The van der Waals surface area contributed by atoms with E-state index in [0.29, 0.717) is 16.6 Å². The van der Waals surface area contributed by atoms with Crippen molar-refractivity contribution >= 4 is 31.6 Å². The van der Waals surface area contributed by atoms with Crippen LogP contribution in [0.1, 0.15) is 22.7 Å². The summed E-state index contributed by atoms with van der Waals surface area (Å²) in [5.41, 5.74) is -1.74. The molecule has 0 saturated carbocycles. The predicted molar refractivity (Wildman–Crippen MR) is 129 cm³/mol. The van der Waals surface area contributed by atoms with Crippen molar-refractivity contribution in [2.75, 3.05) is 31.0 Å². The molecule has 2 amide bonds. The Morgan fingerprint density at radius 1 is 1.08 bits per heavy atom. The van der Waals surface area contributed by atoms with Gasteiger partial charge < -0.3 is 5.11 Å². The second-order valence-corrected chi connectivity index (χ2v) is 12.8. The van der Waals surface area contributed by atoms with Gasteiger partial charge in [0.1, 0.15) is 12.3 Å². The Labute approximate surface area is 216 Å². The summed E-state index contributed by atoms with van der Waals surface area (Å²) in [7, 11) is -7.16. The molecule has 2 aliphatic rings. The van der Waals surface area contributed by atoms with E-state index in [0.717, 1.165) is 29.4 Å². The number of carbonyl (C=O) groups is 1. The number of carbonyl (C=O) groups excluding carboxylic acids is 1. The minimum absolute atomic E-state index is 0.00182. The molecule has 0 aromatic heterocycles. The van der Waals surface area contributed by atoms with Crippen molar-refractivity contribution in [1.82, 2.24) is 9.21 Å². The molecule has 2 atom stereocenters. The van der Waals surface area contributed by atoms with E-state index in [1.165, 1.54) is 30.1 Å². The van der Waals surface area contributed by atoms with E-state index in [1.807, 2.05) is 0 Å². The molecule has 1 N–H and O–H groups in total. The maximum atomic E-state index is 13.8. The highest BCUT2D eigenvalue weighted by molar-refractivity contribution is 7.90. The Morgan fingerprint density at radius 3 is 2.29 bits per heavy atom. The van der Waals surface area contributed by atoms with Crippen molar-refractivity contribution < 1.29 is 39.9 Å². The molecule has 0 radical (unpaired) electrons. The third kappa shape index (κ3) is 4.64. The van der Waals surface area contributed by atoms with Crippen molar-refractivity contribution in [2.24, 2.45) is 0 Å². The number of rotatable bonds is 4. The van der Waals surface area contributed by atoms with Crippen LogP contribution in [0.15, 0.2) is 58.6 Å². The van der Waals surface area contributed by atoms with Crippen LogP contribution in [-0.2, 0) is 26.0 Å². The molecular formula is C23H21F3N4O6S2. The lowest BCUT2D eigenvalue weighted by molar-refractivity contribution is -0.137. The topological polar surface area (TPSA) is 139 Å². The Hall–Kier alpha value is -3.45. The molecule has 15 heteroatoms. The molecule has 202 valence electrons. The van der Waals surface area contributed by atoms with Crippen LogP contribution in [0, 0.1) is 11.3 Å². The smallest absolute Gasteiger partial charge is 0.374 e. The summed E-state index contributed by atoms with van der Waals surface area (Å²) in [6, 6.07) is 6.03. The Bertz CT molecular complexity index is 1630. The summed E-state index contributed by atoms with van der Waals surface area (Å²) >= 11 is 0. The Morgan fingerprint density at radius 2 is 1.74 bits per heavy atom. The standard InChI is InChI=1S/C23H21F3N4O6S2/c1-28-12-17-19(21(28)31)20(16-8-7-13(11-27)9-18(16)37(2,33)34)30(38(3,35)36)22(32)29(17)15-6-4-5-14(10-15)23(24,25)26/h4-10,20-21,31H,12H2,1-3H3/t20-,21?/m1/s1. The van der Waals surface area contributed by atoms with Crippen LogP contribution >= 0.6 is 0 Å². The summed E-state index contributed by atoms with van der Waals surface area (Å²) in [6.45, 7) is -0.170. The predicted octanol–water partition coefficient (Wildman–Crippen LogP) is 2.44. The third-order valence-corrected chi connectivity index (χ3v) is 8.47. The molecule has 2 aromatic carbocycles. The second-order valence-electron chi connectivity index (χ2n) is 8.95. The Kier molecular flexibility index (Phi) is 6.59. The van der Waals surface area contributed by atoms with Gasteiger partial charge in [-0.15, -0.1) is 0 Å². The first-order chi connectivity index (χ1) is 17.5. The summed E-state index contributed by atoms with van der Waals surface area (Å²) in [5, 5.41) is 20.3. The summed E-state index contributed by atoms with van der Waals surface area (Å²) in [4.78, 5) is 15.5. The van der Waals surface area contributed by atoms with Crippen LogP contribution in [0.25, 0.3) is 0 Å². The number of aliphatic hydroxyl groups is 1. The number of nitrogens with zero attached hydrogens (tertiary/aromatic N) is 4. The van der Waals surface area contributed by atoms with E-state index >= 15 is 0 Å². The highest BCUT2D eigenvalue weighted by atomic mass is 32.2. The third-order valence-electron chi connectivity index (χ3n) is 6.23. The number of sulfone groups is 1. The lowest BCUT2D eigenvalue weighted by Crippen LogP contribution is -2.52. The van der Waals surface area contributed by atoms with Gasteiger partial charge >= 0.3 is 12.2 Å². The van der Waals surface area contributed by atoms with Crippen LogP contribution in [-0.4, -0.2) is 69.5 Å². The van der Waals surface area contributed by atoms with Crippen LogP contribution < -0.4 is 4.90 Å². The van der Waals surface area contributed by atoms with Crippen LogP contribution in [0.5, 0.6) is 0 Å². The Balaban J connectivity index is 2.08. The lowest BCUT2D eigenvalue weighted by Gasteiger charge is -2.41. The van der Waals surface area contributed by atoms with Gasteiger partial charge in [0.25, 0.3) is 0 Å². The molecule has 0 saturated heterocycles. The number of hydrogen-bond donors (Lipinski definition) is 1. The first-order valence-electron chi connectivity index (χ1n) is 10.8. The van der Waals surface area contributed by atoms with Crippen LogP contribution in [0.3, 0.4) is 0 Å². The molecule has 2 aliphatic heterocycles. The van der Waals surface area contributed by atoms with Crippen molar-refractivity contribution in [1.29, 1.82) is 5.26 Å². The number of urea groups is 1. The van der Waals surface area contributed by atoms with E-state index in [4.69, 9.17) is 0 Å². The molecule has 2 heterocycles. The fourth-order valence-corrected chi connectivity index (χ4v) is 6.54. The van der Waals surface area contributed by atoms with Gasteiger partial charge in [-0.2, -0.15) is 18.4 Å². The van der Waals surface area contributed by atoms with Gasteiger partial charge in [-0.05, 0) is 42.9 Å². The minimum Gasteiger partial charge on any atom is -0.374 e. The number of hydrogen-bond acceptors (Lipinski definition) is 8. The van der Waals surface area contributed by atoms with Crippen molar-refractivity contribution in [2.45, 2.75) is 23.3 Å². The van der Waals surface area contributed by atoms with Gasteiger partial charge in [0, 0.05) is 24.1 Å². The van der Waals surface area contributed by atoms with Gasteiger partial charge in [0.2, 0.25) is 10.0 Å². The summed E-state index contributed by atoms with van der Waals surface area (Å²) in [5.74, 6) is 0. The van der Waals surface area contributed by atoms with E-state index in [9.17, 15) is 45.2 Å². The highest BCUT2D eigenvalue weighted by Crippen LogP contribution is 2.47. The molecule has 1 unspecified atom stereocenters. The van der Waals surface area contributed by atoms with Crippen molar-refractivity contribution in [3.8, 4) is 6.07 Å². The van der Waals surface area contributed by atoms with Crippen LogP contribution in [0.2, 0.25) is 0 Å². The molecule has 0 spiro atoms. The maximum absolute atomic E-state index is 13.8. The number of halogens is 3. The van der Waals surface area contributed by atoms with E-state index < -0.39 is 54.8 Å². The van der Waals surface area contributed by atoms with Gasteiger partial charge in [0.15, 0.2) is 9.84 Å². The number of aliphatic hydroxyl groups excluding tert-OH is 1. The first-order valence-corrected chi connectivity index (χ1v) is 14.6. The van der Waals surface area contributed by atoms with E-state index in [-0.39, 0.29) is 34.6 Å². The number of anilines is 1. The zero-order valence-electron chi connectivity index (χ0n) is 20.1. The summed E-state index contributed by atoms with van der Waals surface area (Å²) < 4.78 is 92.1. The monoisotopic (exact) mass is 570 g/mol. The number of nitriles is 1. The first kappa shape index (κ1) is 27.6. The van der Waals surface area contributed by atoms with Crippen molar-refractivity contribution in [3.63, 3.8) is 0 Å². The quantitative estimate of drug-likeness (QED) is 0.592. The fourth-order valence-electron chi connectivity index (χ4n) is 4.62. The average Bonchev–Trinajstić information content (AvgIpc) is 3.09. The highest BCUT2D eigenvalue weighted by Gasteiger charge is 2.51. The van der Waals surface area contributed by atoms with E-state index in [2.05, 4.69) is 0 Å². The largest absolute Gasteiger partial charge is 0.416 e. The molecule has 0 bridgehead atoms. The average molecular weight is 571 g/mol. The molecular weight excluding hydrogens is 549 g/mol. The fraction of sp³-hybridized carbons (Fsp3) is 0.304. The lowest BCUT2D eigenvalue weighted by atomic mass is 9.94. The van der Waals surface area contributed by atoms with E-state index in [1.54, 1.807) is 6.07 Å². The molecule has 10 nitrogen and oxygen atoms in total. The van der Waals surface area contributed by atoms with Crippen molar-refractivity contribution in [3.05, 3.63) is 70.4 Å². The molecule has 4 rings (SSSR count). The van der Waals surface area contributed by atoms with Gasteiger partial charge in [-0.3, -0.25) is 9.80 Å². The molecule has 0 aliphatic carbocycles. The second kappa shape index (κ2) is 9.09. The summed E-state index contributed by atoms with van der Waals surface area (Å²) in [6.07, 6.45) is -4.76. The normalized spacial score (nSPS) is 21.1. The number of amides is 2. The SMILES string of the molecule is CN1CC2=C(C1O)[C@@H](c1ccc(C#N)cc1S(C)(=O)=O)N(S(C)(=O)=O)C(=O)N2c1cccc(C(F)(F)F)c1. The van der Waals surface area contributed by atoms with Crippen LogP contribution in [0.4, 0.5) is 23.7 Å². The van der Waals surface area contributed by atoms with Gasteiger partial charge in [-0.25, -0.2) is 25.9 Å². The minimum atomic E-state index is -4.76. The maximum Gasteiger partial charge on any atom is 0.416 e. The molecule has 38 heavy (non-hydrogen) atoms.